The number of unbranched alkanes of at least 4 members (excludes halogenated alkanes) is 10. The lowest BCUT2D eigenvalue weighted by atomic mass is 10.1. The first-order valence-electron chi connectivity index (χ1n) is 25.2. The first-order chi connectivity index (χ1) is 31.5. The fourth-order valence-corrected chi connectivity index (χ4v) is 6.12. The molecule has 0 heterocycles. The van der Waals surface area contributed by atoms with Crippen LogP contribution in [0.4, 0.5) is 0 Å². The Morgan fingerprint density at radius 1 is 0.328 bits per heavy atom. The maximum atomic E-state index is 12.7. The van der Waals surface area contributed by atoms with Gasteiger partial charge < -0.3 is 14.2 Å². The first kappa shape index (κ1) is 59.5. The molecule has 0 rings (SSSR count). The van der Waals surface area contributed by atoms with Crippen molar-refractivity contribution in [1.29, 1.82) is 0 Å². The molecule has 1 unspecified atom stereocenters. The predicted octanol–water partition coefficient (Wildman–Crippen LogP) is 16.7. The van der Waals surface area contributed by atoms with Crippen LogP contribution in [0.25, 0.3) is 0 Å². The van der Waals surface area contributed by atoms with E-state index >= 15 is 0 Å². The quantitative estimate of drug-likeness (QED) is 0.0263. The van der Waals surface area contributed by atoms with Crippen molar-refractivity contribution >= 4 is 17.9 Å². The predicted molar refractivity (Wildman–Crippen MR) is 274 cm³/mol. The Balaban J connectivity index is 4.68. The smallest absolute Gasteiger partial charge is 0.306 e. The third-order valence-corrected chi connectivity index (χ3v) is 9.89. The van der Waals surface area contributed by atoms with Crippen molar-refractivity contribution < 1.29 is 28.6 Å². The number of esters is 3. The van der Waals surface area contributed by atoms with Crippen LogP contribution in [0.15, 0.2) is 134 Å². The summed E-state index contributed by atoms with van der Waals surface area (Å²) in [5.41, 5.74) is 0. The molecule has 0 aromatic carbocycles. The van der Waals surface area contributed by atoms with E-state index in [1.807, 2.05) is 18.2 Å². The van der Waals surface area contributed by atoms with E-state index in [1.165, 1.54) is 64.2 Å². The number of carbonyl (C=O) groups excluding carboxylic acids is 3. The average molecular weight is 883 g/mol. The highest BCUT2D eigenvalue weighted by atomic mass is 16.6. The summed E-state index contributed by atoms with van der Waals surface area (Å²) in [6.07, 6.45) is 71.8. The van der Waals surface area contributed by atoms with Crippen LogP contribution in [0.2, 0.25) is 0 Å². The molecular formula is C58H90O6. The minimum absolute atomic E-state index is 0.158. The van der Waals surface area contributed by atoms with E-state index in [4.69, 9.17) is 14.2 Å². The van der Waals surface area contributed by atoms with E-state index in [0.717, 1.165) is 70.6 Å². The standard InChI is InChI=1S/C58H90O6/c1-4-7-10-13-16-19-22-25-27-29-31-33-36-39-42-45-48-51-57(60)63-54-55(53-62-56(59)50-47-44-41-38-35-32-24-21-18-15-12-9-6-3)64-58(61)52-49-46-43-40-37-34-30-28-26-23-20-17-14-11-8-5-2/h8,11,16-17,19-20,25-28,31-35,37,39,41-44,46,55H,4-7,9-10,12-15,18,21-24,29-30,36,38,40,45,47-54H2,1-3H3/b11-8+,19-16+,20-17+,27-25+,28-26+,33-31+,35-32+,37-34+,42-39+,44-41+,46-43+. The van der Waals surface area contributed by atoms with Crippen LogP contribution in [-0.4, -0.2) is 37.2 Å². The van der Waals surface area contributed by atoms with E-state index in [0.29, 0.717) is 19.3 Å². The highest BCUT2D eigenvalue weighted by Gasteiger charge is 2.19. The van der Waals surface area contributed by atoms with E-state index < -0.39 is 12.1 Å². The van der Waals surface area contributed by atoms with Gasteiger partial charge in [0, 0.05) is 19.3 Å². The maximum absolute atomic E-state index is 12.7. The van der Waals surface area contributed by atoms with Crippen LogP contribution in [-0.2, 0) is 28.6 Å². The van der Waals surface area contributed by atoms with Gasteiger partial charge >= 0.3 is 17.9 Å². The Labute approximate surface area is 392 Å². The number of hydrogen-bond donors (Lipinski definition) is 0. The molecule has 0 saturated carbocycles. The van der Waals surface area contributed by atoms with Crippen LogP contribution in [0.1, 0.15) is 194 Å². The topological polar surface area (TPSA) is 78.9 Å². The van der Waals surface area contributed by atoms with Crippen molar-refractivity contribution in [3.63, 3.8) is 0 Å². The van der Waals surface area contributed by atoms with Gasteiger partial charge in [0.1, 0.15) is 13.2 Å². The van der Waals surface area contributed by atoms with Crippen LogP contribution >= 0.6 is 0 Å². The zero-order valence-electron chi connectivity index (χ0n) is 40.7. The van der Waals surface area contributed by atoms with Crippen molar-refractivity contribution in [3.8, 4) is 0 Å². The third kappa shape index (κ3) is 48.6. The molecule has 0 fully saturated rings. The van der Waals surface area contributed by atoms with Gasteiger partial charge in [-0.2, -0.15) is 0 Å². The molecule has 358 valence electrons. The summed E-state index contributed by atoms with van der Waals surface area (Å²) in [6.45, 7) is 6.29. The maximum Gasteiger partial charge on any atom is 0.306 e. The highest BCUT2D eigenvalue weighted by molar-refractivity contribution is 5.71. The molecule has 64 heavy (non-hydrogen) atoms. The van der Waals surface area contributed by atoms with Crippen molar-refractivity contribution in [2.24, 2.45) is 0 Å². The molecule has 6 heteroatoms. The Bertz CT molecular complexity index is 1430. The fraction of sp³-hybridized carbons (Fsp3) is 0.569. The largest absolute Gasteiger partial charge is 0.462 e. The highest BCUT2D eigenvalue weighted by Crippen LogP contribution is 2.09. The van der Waals surface area contributed by atoms with Crippen molar-refractivity contribution in [1.82, 2.24) is 0 Å². The molecule has 0 aliphatic carbocycles. The molecule has 0 N–H and O–H groups in total. The number of allylic oxidation sites excluding steroid dienone is 22. The molecular weight excluding hydrogens is 793 g/mol. The van der Waals surface area contributed by atoms with Gasteiger partial charge in [0.2, 0.25) is 0 Å². The Hall–Kier alpha value is -4.45. The molecule has 0 aliphatic heterocycles. The summed E-state index contributed by atoms with van der Waals surface area (Å²) in [7, 11) is 0. The second kappa shape index (κ2) is 51.2. The van der Waals surface area contributed by atoms with E-state index in [9.17, 15) is 14.4 Å². The van der Waals surface area contributed by atoms with Crippen LogP contribution in [0.5, 0.6) is 0 Å². The zero-order valence-corrected chi connectivity index (χ0v) is 40.7. The van der Waals surface area contributed by atoms with Gasteiger partial charge in [-0.25, -0.2) is 0 Å². The van der Waals surface area contributed by atoms with Gasteiger partial charge in [0.05, 0.1) is 0 Å². The number of carbonyl (C=O) groups is 3. The summed E-state index contributed by atoms with van der Waals surface area (Å²) < 4.78 is 16.6. The normalized spacial score (nSPS) is 13.2. The Morgan fingerprint density at radius 2 is 0.641 bits per heavy atom. The minimum Gasteiger partial charge on any atom is -0.462 e. The molecule has 6 nitrogen and oxygen atoms in total. The van der Waals surface area contributed by atoms with Gasteiger partial charge in [-0.15, -0.1) is 0 Å². The second-order valence-electron chi connectivity index (χ2n) is 16.0. The third-order valence-electron chi connectivity index (χ3n) is 9.89. The molecule has 0 radical (unpaired) electrons. The number of hydrogen-bond acceptors (Lipinski definition) is 6. The lowest BCUT2D eigenvalue weighted by molar-refractivity contribution is -0.166. The lowest BCUT2D eigenvalue weighted by Crippen LogP contribution is -2.30. The van der Waals surface area contributed by atoms with Gasteiger partial charge in [-0.3, -0.25) is 14.4 Å². The second-order valence-corrected chi connectivity index (χ2v) is 16.0. The zero-order chi connectivity index (χ0) is 46.5. The molecule has 0 aliphatic rings. The summed E-state index contributed by atoms with van der Waals surface area (Å²) in [5, 5.41) is 0. The van der Waals surface area contributed by atoms with E-state index in [-0.39, 0.29) is 44.4 Å². The monoisotopic (exact) mass is 883 g/mol. The van der Waals surface area contributed by atoms with Crippen LogP contribution < -0.4 is 0 Å². The molecule has 0 bridgehead atoms. The molecule has 0 amide bonds. The molecule has 0 aromatic rings. The van der Waals surface area contributed by atoms with Gasteiger partial charge in [0.15, 0.2) is 6.10 Å². The van der Waals surface area contributed by atoms with Crippen molar-refractivity contribution in [2.45, 2.75) is 200 Å². The van der Waals surface area contributed by atoms with Crippen molar-refractivity contribution in [3.05, 3.63) is 134 Å². The summed E-state index contributed by atoms with van der Waals surface area (Å²) in [6, 6.07) is 0. The van der Waals surface area contributed by atoms with Crippen LogP contribution in [0, 0.1) is 0 Å². The summed E-state index contributed by atoms with van der Waals surface area (Å²) >= 11 is 0. The SMILES string of the molecule is CC/C=C/C/C=C/C/C=C/C/C=C/C/C=C/CCC(=O)OC(COC(=O)CC/C=C/C/C=C/CCCCCCCC)COC(=O)CCC/C=C/C/C=C/C/C=C/C/C=C/CCCCC. The summed E-state index contributed by atoms with van der Waals surface area (Å²) in [5.74, 6) is -1.17. The first-order valence-corrected chi connectivity index (χ1v) is 25.2. The van der Waals surface area contributed by atoms with Gasteiger partial charge in [0.25, 0.3) is 0 Å². The fourth-order valence-electron chi connectivity index (χ4n) is 6.12. The van der Waals surface area contributed by atoms with E-state index in [2.05, 4.69) is 136 Å². The van der Waals surface area contributed by atoms with Gasteiger partial charge in [-0.05, 0) is 109 Å². The molecule has 1 atom stereocenters. The molecule has 0 spiro atoms. The van der Waals surface area contributed by atoms with Crippen molar-refractivity contribution in [2.75, 3.05) is 13.2 Å². The number of rotatable bonds is 43. The van der Waals surface area contributed by atoms with Crippen LogP contribution in [0.3, 0.4) is 0 Å². The minimum atomic E-state index is -0.866. The molecule has 0 saturated heterocycles. The Kier molecular flexibility index (Phi) is 47.6. The average Bonchev–Trinajstić information content (AvgIpc) is 3.29. The summed E-state index contributed by atoms with van der Waals surface area (Å²) in [4.78, 5) is 37.9. The number of ether oxygens (including phenoxy) is 3. The Morgan fingerprint density at radius 3 is 1.08 bits per heavy atom. The molecule has 0 aromatic heterocycles. The lowest BCUT2D eigenvalue weighted by Gasteiger charge is -2.18. The van der Waals surface area contributed by atoms with E-state index in [1.54, 1.807) is 0 Å². The van der Waals surface area contributed by atoms with Gasteiger partial charge in [-0.1, -0.05) is 199 Å².